The highest BCUT2D eigenvalue weighted by atomic mass is 79.9. The molecule has 0 aliphatic carbocycles. The van der Waals surface area contributed by atoms with Gasteiger partial charge in [-0.05, 0) is 32.6 Å². The first-order valence-electron chi connectivity index (χ1n) is 11.9. The van der Waals surface area contributed by atoms with Crippen LogP contribution in [0.4, 0.5) is 0 Å². The van der Waals surface area contributed by atoms with Crippen LogP contribution in [0.2, 0.25) is 0 Å². The molecule has 6 rings (SSSR count). The highest BCUT2D eigenvalue weighted by Gasteiger charge is 2.35. The van der Waals surface area contributed by atoms with Crippen LogP contribution in [-0.4, -0.2) is 14.1 Å². The van der Waals surface area contributed by atoms with E-state index in [4.69, 9.17) is 4.74 Å². The smallest absolute Gasteiger partial charge is 0.224 e. The molecule has 0 saturated heterocycles. The van der Waals surface area contributed by atoms with Crippen molar-refractivity contribution < 1.29 is 4.74 Å². The average molecular weight is 538 g/mol. The molecule has 0 unspecified atom stereocenters. The van der Waals surface area contributed by atoms with E-state index in [9.17, 15) is 4.79 Å². The van der Waals surface area contributed by atoms with Gasteiger partial charge in [-0.2, -0.15) is 0 Å². The van der Waals surface area contributed by atoms with Gasteiger partial charge < -0.3 is 13.9 Å². The van der Waals surface area contributed by atoms with Gasteiger partial charge in [0.1, 0.15) is 16.9 Å². The molecule has 36 heavy (non-hydrogen) atoms. The van der Waals surface area contributed by atoms with Crippen LogP contribution in [-0.2, 0) is 13.2 Å². The van der Waals surface area contributed by atoms with E-state index >= 15 is 0 Å². The number of benzene rings is 3. The van der Waals surface area contributed by atoms with Crippen LogP contribution in [0.1, 0.15) is 28.7 Å². The fourth-order valence-corrected chi connectivity index (χ4v) is 5.53. The number of imidazole rings is 1. The maximum absolute atomic E-state index is 13.2. The predicted octanol–water partition coefficient (Wildman–Crippen LogP) is 6.44. The fraction of sp³-hybridized carbons (Fsp3) is 0.133. The van der Waals surface area contributed by atoms with E-state index in [1.807, 2.05) is 48.7 Å². The summed E-state index contributed by atoms with van der Waals surface area (Å²) in [7, 11) is 0. The van der Waals surface area contributed by atoms with Gasteiger partial charge in [0, 0.05) is 24.7 Å². The largest absolute Gasteiger partial charge is 0.483 e. The third-order valence-corrected chi connectivity index (χ3v) is 7.39. The molecule has 0 amide bonds. The molecule has 5 aromatic rings. The van der Waals surface area contributed by atoms with Gasteiger partial charge >= 0.3 is 0 Å². The molecular formula is C30H24BrN3O2. The highest BCUT2D eigenvalue weighted by molar-refractivity contribution is 9.10. The number of halogens is 1. The molecule has 0 fully saturated rings. The van der Waals surface area contributed by atoms with E-state index in [1.54, 1.807) is 12.3 Å². The van der Waals surface area contributed by atoms with E-state index in [2.05, 4.69) is 78.6 Å². The number of aromatic nitrogens is 3. The summed E-state index contributed by atoms with van der Waals surface area (Å²) in [6.45, 7) is 0.999. The Morgan fingerprint density at radius 1 is 0.889 bits per heavy atom. The summed E-state index contributed by atoms with van der Waals surface area (Å²) in [5.74, 6) is 1.10. The molecule has 0 saturated carbocycles. The first-order chi connectivity index (χ1) is 17.7. The summed E-state index contributed by atoms with van der Waals surface area (Å²) in [6, 6.07) is 32.6. The molecule has 1 aliphatic heterocycles. The summed E-state index contributed by atoms with van der Waals surface area (Å²) >= 11 is 3.68. The molecule has 6 heteroatoms. The Balaban J connectivity index is 1.53. The van der Waals surface area contributed by atoms with Crippen LogP contribution in [0.15, 0.2) is 119 Å². The van der Waals surface area contributed by atoms with Gasteiger partial charge in [0.15, 0.2) is 11.6 Å². The second kappa shape index (κ2) is 9.63. The molecule has 178 valence electrons. The lowest BCUT2D eigenvalue weighted by Gasteiger charge is -2.36. The third kappa shape index (κ3) is 4.07. The fourth-order valence-electron chi connectivity index (χ4n) is 5.11. The van der Waals surface area contributed by atoms with Gasteiger partial charge in [-0.1, -0.05) is 91.0 Å². The molecule has 0 radical (unpaired) electrons. The van der Waals surface area contributed by atoms with Crippen LogP contribution in [0, 0.1) is 0 Å². The first kappa shape index (κ1) is 22.6. The second-order valence-electron chi connectivity index (χ2n) is 8.92. The lowest BCUT2D eigenvalue weighted by molar-refractivity contribution is 0.293. The molecule has 0 N–H and O–H groups in total. The summed E-state index contributed by atoms with van der Waals surface area (Å²) < 4.78 is 11.4. The normalized spacial score (nSPS) is 14.3. The van der Waals surface area contributed by atoms with Gasteiger partial charge in [-0.15, -0.1) is 0 Å². The molecule has 2 aromatic heterocycles. The molecule has 1 atom stereocenters. The van der Waals surface area contributed by atoms with E-state index in [1.165, 1.54) is 11.1 Å². The van der Waals surface area contributed by atoms with Crippen molar-refractivity contribution in [3.8, 4) is 17.3 Å². The highest BCUT2D eigenvalue weighted by Crippen LogP contribution is 2.44. The SMILES string of the molecule is O=c1ccn2c(c1OCc1ccccc1)-c1ncc(Br)n1C[C@@H]2C(c1ccccc1)c1ccccc1. The lowest BCUT2D eigenvalue weighted by atomic mass is 9.84. The summed E-state index contributed by atoms with van der Waals surface area (Å²) in [5.41, 5.74) is 3.98. The van der Waals surface area contributed by atoms with E-state index in [0.29, 0.717) is 24.6 Å². The first-order valence-corrected chi connectivity index (χ1v) is 12.7. The predicted molar refractivity (Wildman–Crippen MR) is 144 cm³/mol. The summed E-state index contributed by atoms with van der Waals surface area (Å²) in [5, 5.41) is 0. The van der Waals surface area contributed by atoms with Crippen molar-refractivity contribution in [2.75, 3.05) is 0 Å². The molecule has 3 heterocycles. The summed E-state index contributed by atoms with van der Waals surface area (Å²) in [6.07, 6.45) is 3.68. The summed E-state index contributed by atoms with van der Waals surface area (Å²) in [4.78, 5) is 17.8. The Kier molecular flexibility index (Phi) is 6.03. The maximum Gasteiger partial charge on any atom is 0.224 e. The van der Waals surface area contributed by atoms with Gasteiger partial charge in [0.2, 0.25) is 5.43 Å². The number of hydrogen-bond donors (Lipinski definition) is 0. The van der Waals surface area contributed by atoms with Crippen molar-refractivity contribution in [1.82, 2.24) is 14.1 Å². The topological polar surface area (TPSA) is 49.1 Å². The number of nitrogens with zero attached hydrogens (tertiary/aromatic N) is 3. The Bertz CT molecular complexity index is 1510. The van der Waals surface area contributed by atoms with Gasteiger partial charge in [0.25, 0.3) is 0 Å². The van der Waals surface area contributed by atoms with Gasteiger partial charge in [0.05, 0.1) is 12.2 Å². The zero-order valence-electron chi connectivity index (χ0n) is 19.5. The number of ether oxygens (including phenoxy) is 1. The van der Waals surface area contributed by atoms with Crippen molar-refractivity contribution >= 4 is 15.9 Å². The lowest BCUT2D eigenvalue weighted by Crippen LogP contribution is -2.31. The number of pyridine rings is 1. The number of fused-ring (bicyclic) bond motifs is 3. The van der Waals surface area contributed by atoms with E-state index in [0.717, 1.165) is 16.0 Å². The molecule has 5 nitrogen and oxygen atoms in total. The number of hydrogen-bond acceptors (Lipinski definition) is 3. The Labute approximate surface area is 217 Å². The zero-order chi connectivity index (χ0) is 24.5. The van der Waals surface area contributed by atoms with Crippen LogP contribution >= 0.6 is 15.9 Å². The van der Waals surface area contributed by atoms with Crippen LogP contribution < -0.4 is 10.2 Å². The second-order valence-corrected chi connectivity index (χ2v) is 9.73. The molecule has 0 spiro atoms. The minimum absolute atomic E-state index is 0.0116. The van der Waals surface area contributed by atoms with Crippen molar-refractivity contribution in [3.63, 3.8) is 0 Å². The maximum atomic E-state index is 13.2. The van der Waals surface area contributed by atoms with Crippen molar-refractivity contribution in [2.45, 2.75) is 25.1 Å². The van der Waals surface area contributed by atoms with Crippen molar-refractivity contribution in [2.24, 2.45) is 0 Å². The van der Waals surface area contributed by atoms with Crippen LogP contribution in [0.3, 0.4) is 0 Å². The molecule has 1 aliphatic rings. The average Bonchev–Trinajstić information content (AvgIpc) is 3.30. The third-order valence-electron chi connectivity index (χ3n) is 6.76. The van der Waals surface area contributed by atoms with E-state index < -0.39 is 0 Å². The molecule has 3 aromatic carbocycles. The van der Waals surface area contributed by atoms with Crippen molar-refractivity contribution in [3.05, 3.63) is 141 Å². The van der Waals surface area contributed by atoms with Gasteiger partial charge in [-0.25, -0.2) is 4.98 Å². The molecular weight excluding hydrogens is 514 g/mol. The van der Waals surface area contributed by atoms with Crippen molar-refractivity contribution in [1.29, 1.82) is 0 Å². The van der Waals surface area contributed by atoms with Crippen LogP contribution in [0.5, 0.6) is 5.75 Å². The minimum Gasteiger partial charge on any atom is -0.483 e. The monoisotopic (exact) mass is 537 g/mol. The van der Waals surface area contributed by atoms with Gasteiger partial charge in [-0.3, -0.25) is 4.79 Å². The standard InChI is InChI=1S/C30H24BrN3O2/c31-26-18-32-30-28-29(36-20-21-10-4-1-5-11-21)25(35)16-17-33(28)24(19-34(26)30)27(22-12-6-2-7-13-22)23-14-8-3-9-15-23/h1-18,24,27H,19-20H2/t24-/m1/s1. The minimum atomic E-state index is -0.153. The van der Waals surface area contributed by atoms with Crippen LogP contribution in [0.25, 0.3) is 11.5 Å². The quantitative estimate of drug-likeness (QED) is 0.250. The molecule has 0 bridgehead atoms. The zero-order valence-corrected chi connectivity index (χ0v) is 21.1. The Morgan fingerprint density at radius 3 is 2.14 bits per heavy atom. The Hall–Kier alpha value is -3.90. The Morgan fingerprint density at radius 2 is 1.50 bits per heavy atom. The number of rotatable bonds is 6. The van der Waals surface area contributed by atoms with E-state index in [-0.39, 0.29) is 17.4 Å².